The number of primary amides is 1. The van der Waals surface area contributed by atoms with Crippen molar-refractivity contribution in [2.75, 3.05) is 0 Å². The van der Waals surface area contributed by atoms with Crippen LogP contribution >= 0.6 is 0 Å². The molecule has 0 saturated heterocycles. The number of carbonyl (C=O) groups is 1. The Bertz CT molecular complexity index is 390. The summed E-state index contributed by atoms with van der Waals surface area (Å²) in [6, 6.07) is 1.95. The van der Waals surface area contributed by atoms with E-state index in [2.05, 4.69) is 0 Å². The lowest BCUT2D eigenvalue weighted by atomic mass is 9.52. The maximum absolute atomic E-state index is 11.1. The normalized spacial score (nSPS) is 43.5. The quantitative estimate of drug-likeness (QED) is 0.582. The van der Waals surface area contributed by atoms with E-state index in [1.54, 1.807) is 0 Å². The molecule has 4 aliphatic rings. The van der Waals surface area contributed by atoms with Crippen LogP contribution in [-0.2, 0) is 4.79 Å². The highest BCUT2D eigenvalue weighted by Crippen LogP contribution is 2.56. The van der Waals surface area contributed by atoms with Gasteiger partial charge in [-0.05, 0) is 61.7 Å². The molecule has 0 radical (unpaired) electrons. The van der Waals surface area contributed by atoms with Gasteiger partial charge in [-0.3, -0.25) is 4.79 Å². The van der Waals surface area contributed by atoms with Crippen LogP contribution in [0.25, 0.3) is 0 Å². The number of rotatable bonds is 2. The van der Waals surface area contributed by atoms with Crippen molar-refractivity contribution in [3.8, 4) is 6.07 Å². The summed E-state index contributed by atoms with van der Waals surface area (Å²) in [5.41, 5.74) is 5.39. The Morgan fingerprint density at radius 1 is 1.12 bits per heavy atom. The maximum atomic E-state index is 11.1. The van der Waals surface area contributed by atoms with E-state index in [1.807, 2.05) is 12.1 Å². The molecule has 3 heteroatoms. The van der Waals surface area contributed by atoms with Crippen LogP contribution in [0.4, 0.5) is 0 Å². The van der Waals surface area contributed by atoms with Crippen LogP contribution in [0.2, 0.25) is 0 Å². The average molecular weight is 230 g/mol. The summed E-state index contributed by atoms with van der Waals surface area (Å²) in [7, 11) is 0. The molecule has 1 amide bonds. The maximum Gasteiger partial charge on any atom is 0.259 e. The van der Waals surface area contributed by atoms with E-state index in [1.165, 1.54) is 32.1 Å². The van der Waals surface area contributed by atoms with Crippen molar-refractivity contribution in [1.29, 1.82) is 5.26 Å². The molecule has 0 spiro atoms. The molecule has 90 valence electrons. The third-order valence-electron chi connectivity index (χ3n) is 5.04. The van der Waals surface area contributed by atoms with Crippen LogP contribution in [0.15, 0.2) is 11.6 Å². The highest BCUT2D eigenvalue weighted by molar-refractivity contribution is 5.95. The third kappa shape index (κ3) is 1.76. The zero-order valence-corrected chi connectivity index (χ0v) is 9.93. The van der Waals surface area contributed by atoms with Crippen molar-refractivity contribution in [2.45, 2.75) is 32.1 Å². The fourth-order valence-electron chi connectivity index (χ4n) is 4.61. The van der Waals surface area contributed by atoms with Crippen molar-refractivity contribution in [3.05, 3.63) is 11.6 Å². The lowest BCUT2D eigenvalue weighted by Gasteiger charge is -2.53. The van der Waals surface area contributed by atoms with Crippen molar-refractivity contribution < 1.29 is 4.79 Å². The predicted octanol–water partition coefficient (Wildman–Crippen LogP) is 1.99. The van der Waals surface area contributed by atoms with Gasteiger partial charge in [-0.15, -0.1) is 0 Å². The molecule has 2 N–H and O–H groups in total. The van der Waals surface area contributed by atoms with E-state index in [0.29, 0.717) is 17.8 Å². The molecule has 0 atom stereocenters. The van der Waals surface area contributed by atoms with E-state index < -0.39 is 5.91 Å². The first-order valence-electron chi connectivity index (χ1n) is 6.59. The van der Waals surface area contributed by atoms with Gasteiger partial charge >= 0.3 is 0 Å². The molecule has 0 aliphatic heterocycles. The molecule has 4 aliphatic carbocycles. The number of nitrogens with two attached hydrogens (primary N) is 1. The first-order valence-corrected chi connectivity index (χ1v) is 6.59. The van der Waals surface area contributed by atoms with Gasteiger partial charge < -0.3 is 5.73 Å². The van der Waals surface area contributed by atoms with Crippen LogP contribution in [-0.4, -0.2) is 5.91 Å². The van der Waals surface area contributed by atoms with Gasteiger partial charge in [0.2, 0.25) is 0 Å². The largest absolute Gasteiger partial charge is 0.365 e. The summed E-state index contributed by atoms with van der Waals surface area (Å²) >= 11 is 0. The predicted molar refractivity (Wildman–Crippen MR) is 63.4 cm³/mol. The minimum Gasteiger partial charge on any atom is -0.365 e. The molecule has 4 saturated carbocycles. The molecule has 0 aromatic rings. The average Bonchev–Trinajstić information content (AvgIpc) is 2.27. The van der Waals surface area contributed by atoms with Crippen molar-refractivity contribution in [2.24, 2.45) is 35.3 Å². The second kappa shape index (κ2) is 3.87. The molecule has 0 unspecified atom stereocenters. The molecule has 3 nitrogen and oxygen atoms in total. The van der Waals surface area contributed by atoms with E-state index in [0.717, 1.165) is 11.8 Å². The Morgan fingerprint density at radius 2 is 1.65 bits per heavy atom. The van der Waals surface area contributed by atoms with Gasteiger partial charge in [0, 0.05) is 0 Å². The zero-order chi connectivity index (χ0) is 12.0. The number of hydrogen-bond acceptors (Lipinski definition) is 2. The number of nitriles is 1. The summed E-state index contributed by atoms with van der Waals surface area (Å²) in [5.74, 6) is 3.11. The second-order valence-corrected chi connectivity index (χ2v) is 6.06. The highest BCUT2D eigenvalue weighted by atomic mass is 16.1. The summed E-state index contributed by atoms with van der Waals surface area (Å²) in [4.78, 5) is 11.1. The second-order valence-electron chi connectivity index (χ2n) is 6.06. The monoisotopic (exact) mass is 230 g/mol. The number of amides is 1. The van der Waals surface area contributed by atoms with Crippen LogP contribution in [0.1, 0.15) is 32.1 Å². The molecule has 0 aromatic heterocycles. The Labute approximate surface area is 102 Å². The van der Waals surface area contributed by atoms with Crippen LogP contribution < -0.4 is 5.73 Å². The van der Waals surface area contributed by atoms with Crippen molar-refractivity contribution in [3.63, 3.8) is 0 Å². The summed E-state index contributed by atoms with van der Waals surface area (Å²) in [5, 5.41) is 8.93. The molecule has 0 heterocycles. The van der Waals surface area contributed by atoms with Crippen molar-refractivity contribution >= 4 is 5.91 Å². The van der Waals surface area contributed by atoms with E-state index in [9.17, 15) is 4.79 Å². The molecule has 17 heavy (non-hydrogen) atoms. The van der Waals surface area contributed by atoms with Gasteiger partial charge in [-0.2, -0.15) is 5.26 Å². The summed E-state index contributed by atoms with van der Waals surface area (Å²) in [6.45, 7) is 0. The molecular weight excluding hydrogens is 212 g/mol. The Hall–Kier alpha value is -1.30. The molecule has 0 aromatic carbocycles. The van der Waals surface area contributed by atoms with Gasteiger partial charge in [0.1, 0.15) is 11.6 Å². The SMILES string of the molecule is N#C/C(=C/C1C2CC3CC(C2)CC1C3)C(N)=O. The van der Waals surface area contributed by atoms with E-state index in [-0.39, 0.29) is 5.57 Å². The Balaban J connectivity index is 1.85. The lowest BCUT2D eigenvalue weighted by Crippen LogP contribution is -2.44. The van der Waals surface area contributed by atoms with Crippen LogP contribution in [0.3, 0.4) is 0 Å². The molecular formula is C14H18N2O. The fourth-order valence-corrected chi connectivity index (χ4v) is 4.61. The van der Waals surface area contributed by atoms with Crippen LogP contribution in [0.5, 0.6) is 0 Å². The summed E-state index contributed by atoms with van der Waals surface area (Å²) < 4.78 is 0. The first kappa shape index (κ1) is 10.8. The van der Waals surface area contributed by atoms with E-state index >= 15 is 0 Å². The number of allylic oxidation sites excluding steroid dienone is 1. The third-order valence-corrected chi connectivity index (χ3v) is 5.04. The fraction of sp³-hybridized carbons (Fsp3) is 0.714. The minimum atomic E-state index is -0.568. The highest BCUT2D eigenvalue weighted by Gasteiger charge is 2.47. The molecule has 4 fully saturated rings. The lowest BCUT2D eigenvalue weighted by molar-refractivity contribution is -0.114. The van der Waals surface area contributed by atoms with Gasteiger partial charge in [-0.25, -0.2) is 0 Å². The minimum absolute atomic E-state index is 0.169. The smallest absolute Gasteiger partial charge is 0.259 e. The first-order chi connectivity index (χ1) is 8.17. The van der Waals surface area contributed by atoms with E-state index in [4.69, 9.17) is 11.0 Å². The Kier molecular flexibility index (Phi) is 2.47. The zero-order valence-electron chi connectivity index (χ0n) is 9.93. The number of carbonyl (C=O) groups excluding carboxylic acids is 1. The van der Waals surface area contributed by atoms with Gasteiger partial charge in [-0.1, -0.05) is 6.08 Å². The number of nitrogens with zero attached hydrogens (tertiary/aromatic N) is 1. The van der Waals surface area contributed by atoms with Gasteiger partial charge in [0.25, 0.3) is 5.91 Å². The van der Waals surface area contributed by atoms with Crippen molar-refractivity contribution in [1.82, 2.24) is 0 Å². The van der Waals surface area contributed by atoms with Gasteiger partial charge in [0.15, 0.2) is 0 Å². The van der Waals surface area contributed by atoms with Crippen LogP contribution in [0, 0.1) is 40.9 Å². The van der Waals surface area contributed by atoms with Gasteiger partial charge in [0.05, 0.1) is 0 Å². The topological polar surface area (TPSA) is 66.9 Å². The number of hydrogen-bond donors (Lipinski definition) is 1. The standard InChI is InChI=1S/C14H18N2O/c15-7-12(14(16)17)6-13-10-2-8-1-9(4-10)5-11(13)3-8/h6,8-11,13H,1-5H2,(H2,16,17)/b12-6-. The Morgan fingerprint density at radius 3 is 2.06 bits per heavy atom. The molecule has 4 rings (SSSR count). The molecule has 4 bridgehead atoms. The summed E-state index contributed by atoms with van der Waals surface area (Å²) in [6.07, 6.45) is 8.49.